The average molecular weight is 290 g/mol. The van der Waals surface area contributed by atoms with E-state index in [2.05, 4.69) is 25.5 Å². The highest BCUT2D eigenvalue weighted by molar-refractivity contribution is 5.79. The molecule has 1 amide bonds. The maximum atomic E-state index is 11.9. The fourth-order valence-corrected chi connectivity index (χ4v) is 2.17. The lowest BCUT2D eigenvalue weighted by molar-refractivity contribution is -0.124. The summed E-state index contributed by atoms with van der Waals surface area (Å²) >= 11 is 0. The zero-order valence-electron chi connectivity index (χ0n) is 11.9. The van der Waals surface area contributed by atoms with Crippen LogP contribution in [0.25, 0.3) is 0 Å². The molecule has 0 aliphatic heterocycles. The van der Waals surface area contributed by atoms with Crippen LogP contribution in [0.1, 0.15) is 49.9 Å². The van der Waals surface area contributed by atoms with Gasteiger partial charge in [-0.25, -0.2) is 9.67 Å². The topological polar surface area (TPSA) is 98.7 Å². The molecule has 2 heterocycles. The Hall–Kier alpha value is -2.25. The van der Waals surface area contributed by atoms with E-state index >= 15 is 0 Å². The number of hydrogen-bond donors (Lipinski definition) is 1. The molecule has 1 atom stereocenters. The fraction of sp³-hybridized carbons (Fsp3) is 0.615. The maximum Gasteiger partial charge on any atom is 0.244 e. The van der Waals surface area contributed by atoms with Crippen LogP contribution in [0.2, 0.25) is 0 Å². The van der Waals surface area contributed by atoms with Crippen molar-refractivity contribution < 1.29 is 9.32 Å². The van der Waals surface area contributed by atoms with E-state index in [0.29, 0.717) is 24.7 Å². The monoisotopic (exact) mass is 290 g/mol. The first kappa shape index (κ1) is 13.7. The molecule has 8 heteroatoms. The van der Waals surface area contributed by atoms with Gasteiger partial charge in [0, 0.05) is 18.9 Å². The molecule has 112 valence electrons. The summed E-state index contributed by atoms with van der Waals surface area (Å²) in [6.07, 6.45) is 6.99. The zero-order valence-corrected chi connectivity index (χ0v) is 11.9. The van der Waals surface area contributed by atoms with E-state index in [-0.39, 0.29) is 11.9 Å². The second-order valence-corrected chi connectivity index (χ2v) is 5.27. The Kier molecular flexibility index (Phi) is 3.94. The van der Waals surface area contributed by atoms with Gasteiger partial charge in [0.2, 0.25) is 11.8 Å². The van der Waals surface area contributed by atoms with Crippen molar-refractivity contribution in [3.63, 3.8) is 0 Å². The third kappa shape index (κ3) is 3.09. The second kappa shape index (κ2) is 6.02. The van der Waals surface area contributed by atoms with E-state index in [0.717, 1.165) is 18.7 Å². The highest BCUT2D eigenvalue weighted by Gasteiger charge is 2.25. The summed E-state index contributed by atoms with van der Waals surface area (Å²) in [4.78, 5) is 20.1. The molecule has 1 N–H and O–H groups in total. The Labute approximate surface area is 121 Å². The van der Waals surface area contributed by atoms with Crippen LogP contribution in [0.3, 0.4) is 0 Å². The molecule has 8 nitrogen and oxygen atoms in total. The van der Waals surface area contributed by atoms with E-state index in [9.17, 15) is 4.79 Å². The second-order valence-electron chi connectivity index (χ2n) is 5.27. The van der Waals surface area contributed by atoms with Gasteiger partial charge in [-0.1, -0.05) is 11.6 Å². The van der Waals surface area contributed by atoms with Crippen molar-refractivity contribution in [1.29, 1.82) is 0 Å². The normalized spacial score (nSPS) is 16.4. The quantitative estimate of drug-likeness (QED) is 0.846. The Bertz CT molecular complexity index is 590. The van der Waals surface area contributed by atoms with Crippen molar-refractivity contribution in [3.05, 3.63) is 24.4 Å². The van der Waals surface area contributed by atoms with Crippen molar-refractivity contribution in [2.45, 2.75) is 44.6 Å². The highest BCUT2D eigenvalue weighted by Crippen LogP contribution is 2.35. The molecule has 0 radical (unpaired) electrons. The molecule has 0 unspecified atom stereocenters. The van der Waals surface area contributed by atoms with Crippen LogP contribution in [0.15, 0.2) is 17.2 Å². The number of hydrogen-bond acceptors (Lipinski definition) is 6. The summed E-state index contributed by atoms with van der Waals surface area (Å²) in [6.45, 7) is 2.24. The largest absolute Gasteiger partial charge is 0.354 e. The van der Waals surface area contributed by atoms with Crippen LogP contribution in [-0.2, 0) is 11.2 Å². The lowest BCUT2D eigenvalue weighted by atomic mass is 9.85. The minimum atomic E-state index is -0.386. The van der Waals surface area contributed by atoms with Gasteiger partial charge in [0.05, 0.1) is 0 Å². The first-order chi connectivity index (χ1) is 10.2. The average Bonchev–Trinajstić information content (AvgIpc) is 3.07. The van der Waals surface area contributed by atoms with Crippen LogP contribution in [-0.4, -0.2) is 37.4 Å². The summed E-state index contributed by atoms with van der Waals surface area (Å²) in [7, 11) is 0. The first-order valence-electron chi connectivity index (χ1n) is 7.18. The molecular formula is C13H18N6O2. The number of aromatic nitrogens is 5. The standard InChI is InChI=1S/C13H18N6O2/c1-9(19-8-14-7-16-19)12(20)15-6-5-11-17-13(21-18-11)10-3-2-4-10/h7-10H,2-6H2,1H3,(H,15,20)/t9-/m1/s1. The molecule has 21 heavy (non-hydrogen) atoms. The number of carbonyl (C=O) groups excluding carboxylic acids is 1. The van der Waals surface area contributed by atoms with Gasteiger partial charge in [0.1, 0.15) is 18.7 Å². The molecule has 1 aliphatic rings. The third-order valence-electron chi connectivity index (χ3n) is 3.80. The zero-order chi connectivity index (χ0) is 14.7. The van der Waals surface area contributed by atoms with Gasteiger partial charge in [-0.05, 0) is 19.8 Å². The predicted molar refractivity (Wildman–Crippen MR) is 72.3 cm³/mol. The summed E-state index contributed by atoms with van der Waals surface area (Å²) < 4.78 is 6.75. The molecule has 3 rings (SSSR count). The molecule has 0 bridgehead atoms. The molecular weight excluding hydrogens is 272 g/mol. The Morgan fingerprint density at radius 1 is 1.57 bits per heavy atom. The van der Waals surface area contributed by atoms with Gasteiger partial charge in [-0.15, -0.1) is 0 Å². The maximum absolute atomic E-state index is 11.9. The number of nitrogens with one attached hydrogen (secondary N) is 1. The lowest BCUT2D eigenvalue weighted by Gasteiger charge is -2.20. The van der Waals surface area contributed by atoms with Gasteiger partial charge >= 0.3 is 0 Å². The Balaban J connectivity index is 1.45. The third-order valence-corrected chi connectivity index (χ3v) is 3.80. The van der Waals surface area contributed by atoms with E-state index < -0.39 is 0 Å². The molecule has 2 aromatic rings. The Morgan fingerprint density at radius 2 is 2.43 bits per heavy atom. The van der Waals surface area contributed by atoms with Crippen LogP contribution in [0.4, 0.5) is 0 Å². The molecule has 2 aromatic heterocycles. The SMILES string of the molecule is C[C@H](C(=O)NCCc1noc(C2CCC2)n1)n1cncn1. The van der Waals surface area contributed by atoms with E-state index in [1.54, 1.807) is 6.92 Å². The summed E-state index contributed by atoms with van der Waals surface area (Å²) in [5, 5.41) is 10.7. The van der Waals surface area contributed by atoms with Crippen LogP contribution < -0.4 is 5.32 Å². The number of amides is 1. The molecule has 1 fully saturated rings. The minimum Gasteiger partial charge on any atom is -0.354 e. The fourth-order valence-electron chi connectivity index (χ4n) is 2.17. The lowest BCUT2D eigenvalue weighted by Crippen LogP contribution is -2.32. The predicted octanol–water partition coefficient (Wildman–Crippen LogP) is 0.848. The highest BCUT2D eigenvalue weighted by atomic mass is 16.5. The van der Waals surface area contributed by atoms with Gasteiger partial charge in [0.25, 0.3) is 0 Å². The van der Waals surface area contributed by atoms with E-state index in [1.165, 1.54) is 23.8 Å². The van der Waals surface area contributed by atoms with Crippen molar-refractivity contribution in [3.8, 4) is 0 Å². The van der Waals surface area contributed by atoms with Crippen molar-refractivity contribution in [2.24, 2.45) is 0 Å². The number of nitrogens with zero attached hydrogens (tertiary/aromatic N) is 5. The molecule has 1 saturated carbocycles. The Morgan fingerprint density at radius 3 is 3.10 bits per heavy atom. The van der Waals surface area contributed by atoms with Crippen LogP contribution in [0, 0.1) is 0 Å². The van der Waals surface area contributed by atoms with Crippen LogP contribution >= 0.6 is 0 Å². The van der Waals surface area contributed by atoms with E-state index in [4.69, 9.17) is 4.52 Å². The molecule has 0 aromatic carbocycles. The minimum absolute atomic E-state index is 0.108. The summed E-state index contributed by atoms with van der Waals surface area (Å²) in [5.41, 5.74) is 0. The van der Waals surface area contributed by atoms with Crippen LogP contribution in [0.5, 0.6) is 0 Å². The van der Waals surface area contributed by atoms with Crippen molar-refractivity contribution >= 4 is 5.91 Å². The van der Waals surface area contributed by atoms with Crippen molar-refractivity contribution in [1.82, 2.24) is 30.2 Å². The first-order valence-corrected chi connectivity index (χ1v) is 7.18. The smallest absolute Gasteiger partial charge is 0.244 e. The van der Waals surface area contributed by atoms with Gasteiger partial charge in [-0.3, -0.25) is 4.79 Å². The van der Waals surface area contributed by atoms with Gasteiger partial charge in [-0.2, -0.15) is 10.1 Å². The van der Waals surface area contributed by atoms with Crippen molar-refractivity contribution in [2.75, 3.05) is 6.54 Å². The van der Waals surface area contributed by atoms with Gasteiger partial charge in [0.15, 0.2) is 5.82 Å². The van der Waals surface area contributed by atoms with E-state index in [1.807, 2.05) is 0 Å². The number of rotatable bonds is 6. The molecule has 0 spiro atoms. The van der Waals surface area contributed by atoms with Gasteiger partial charge < -0.3 is 9.84 Å². The summed E-state index contributed by atoms with van der Waals surface area (Å²) in [5.74, 6) is 1.71. The molecule has 0 saturated heterocycles. The molecule has 1 aliphatic carbocycles. The number of carbonyl (C=O) groups is 1. The summed E-state index contributed by atoms with van der Waals surface area (Å²) in [6, 6.07) is -0.386.